The number of nitrogen functional groups attached to an aromatic ring is 1. The van der Waals surface area contributed by atoms with Gasteiger partial charge in [0.1, 0.15) is 0 Å². The fourth-order valence-electron chi connectivity index (χ4n) is 1.43. The molecule has 0 aliphatic carbocycles. The molecule has 1 rings (SSSR count). The van der Waals surface area contributed by atoms with Crippen LogP contribution in [0.4, 0.5) is 17.1 Å². The van der Waals surface area contributed by atoms with Crippen molar-refractivity contribution in [1.82, 2.24) is 4.90 Å². The Labute approximate surface area is 105 Å². The van der Waals surface area contributed by atoms with Gasteiger partial charge in [0, 0.05) is 33.3 Å². The number of benzene rings is 1. The van der Waals surface area contributed by atoms with E-state index in [0.717, 1.165) is 0 Å². The van der Waals surface area contributed by atoms with Crippen molar-refractivity contribution in [3.63, 3.8) is 0 Å². The maximum atomic E-state index is 11.5. The van der Waals surface area contributed by atoms with E-state index >= 15 is 0 Å². The lowest BCUT2D eigenvalue weighted by molar-refractivity contribution is -0.384. The number of likely N-dealkylation sites (N-methyl/N-ethyl adjacent to an activating group) is 2. The van der Waals surface area contributed by atoms with Gasteiger partial charge in [-0.15, -0.1) is 0 Å². The van der Waals surface area contributed by atoms with Gasteiger partial charge in [0.25, 0.3) is 5.69 Å². The first-order valence-electron chi connectivity index (χ1n) is 5.28. The summed E-state index contributed by atoms with van der Waals surface area (Å²) in [6.45, 7) is 0.162. The normalized spacial score (nSPS) is 9.94. The van der Waals surface area contributed by atoms with E-state index in [0.29, 0.717) is 5.69 Å². The molecule has 7 heteroatoms. The van der Waals surface area contributed by atoms with Crippen LogP contribution in [-0.4, -0.2) is 43.4 Å². The Kier molecular flexibility index (Phi) is 4.09. The van der Waals surface area contributed by atoms with E-state index in [2.05, 4.69) is 0 Å². The molecule has 1 amide bonds. The zero-order chi connectivity index (χ0) is 13.9. The molecule has 0 aromatic heterocycles. The molecule has 0 aliphatic heterocycles. The molecule has 0 saturated heterocycles. The van der Waals surface area contributed by atoms with Gasteiger partial charge in [0.2, 0.25) is 5.91 Å². The van der Waals surface area contributed by atoms with E-state index in [1.165, 1.54) is 23.1 Å². The zero-order valence-corrected chi connectivity index (χ0v) is 10.6. The number of nitro groups is 1. The van der Waals surface area contributed by atoms with Gasteiger partial charge in [-0.05, 0) is 6.07 Å². The van der Waals surface area contributed by atoms with Crippen molar-refractivity contribution >= 4 is 23.0 Å². The summed E-state index contributed by atoms with van der Waals surface area (Å²) in [5, 5.41) is 10.6. The fraction of sp³-hybridized carbons (Fsp3) is 0.364. The van der Waals surface area contributed by atoms with Crippen LogP contribution >= 0.6 is 0 Å². The fourth-order valence-corrected chi connectivity index (χ4v) is 1.43. The van der Waals surface area contributed by atoms with Crippen LogP contribution in [0.3, 0.4) is 0 Å². The number of carbonyl (C=O) groups is 1. The van der Waals surface area contributed by atoms with Crippen LogP contribution in [0.1, 0.15) is 0 Å². The molecule has 0 atom stereocenters. The minimum atomic E-state index is -0.509. The molecule has 0 unspecified atom stereocenters. The van der Waals surface area contributed by atoms with Crippen molar-refractivity contribution < 1.29 is 9.72 Å². The number of amides is 1. The SMILES string of the molecule is CN(C)C(=O)CN(C)c1ccc([N+](=O)[O-])cc1N. The van der Waals surface area contributed by atoms with Gasteiger partial charge >= 0.3 is 0 Å². The molecule has 0 aliphatic rings. The minimum Gasteiger partial charge on any atom is -0.397 e. The topological polar surface area (TPSA) is 92.7 Å². The number of carbonyl (C=O) groups excluding carboxylic acids is 1. The van der Waals surface area contributed by atoms with E-state index in [4.69, 9.17) is 5.73 Å². The zero-order valence-electron chi connectivity index (χ0n) is 10.6. The predicted molar refractivity (Wildman–Crippen MR) is 69.5 cm³/mol. The highest BCUT2D eigenvalue weighted by molar-refractivity contribution is 5.83. The Morgan fingerprint density at radius 1 is 1.39 bits per heavy atom. The maximum absolute atomic E-state index is 11.5. The van der Waals surface area contributed by atoms with Crippen molar-refractivity contribution in [2.24, 2.45) is 0 Å². The van der Waals surface area contributed by atoms with E-state index in [1.54, 1.807) is 26.0 Å². The number of nitrogens with two attached hydrogens (primary N) is 1. The smallest absolute Gasteiger partial charge is 0.271 e. The van der Waals surface area contributed by atoms with Gasteiger partial charge < -0.3 is 15.5 Å². The average Bonchev–Trinajstić information content (AvgIpc) is 2.28. The average molecular weight is 252 g/mol. The molecular weight excluding hydrogens is 236 g/mol. The Morgan fingerprint density at radius 2 is 2.00 bits per heavy atom. The summed E-state index contributed by atoms with van der Waals surface area (Å²) in [5.74, 6) is -0.0738. The highest BCUT2D eigenvalue weighted by atomic mass is 16.6. The van der Waals surface area contributed by atoms with Crippen LogP contribution < -0.4 is 10.6 Å². The highest BCUT2D eigenvalue weighted by Gasteiger charge is 2.14. The van der Waals surface area contributed by atoms with E-state index < -0.39 is 4.92 Å². The molecular formula is C11H16N4O3. The van der Waals surface area contributed by atoms with Crippen molar-refractivity contribution in [3.05, 3.63) is 28.3 Å². The third kappa shape index (κ3) is 3.09. The molecule has 2 N–H and O–H groups in total. The monoisotopic (exact) mass is 252 g/mol. The summed E-state index contributed by atoms with van der Waals surface area (Å²) in [6, 6.07) is 4.19. The summed E-state index contributed by atoms with van der Waals surface area (Å²) in [6.07, 6.45) is 0. The standard InChI is InChI=1S/C11H16N4O3/c1-13(2)11(16)7-14(3)10-5-4-8(15(17)18)6-9(10)12/h4-6H,7,12H2,1-3H3. The lowest BCUT2D eigenvalue weighted by Gasteiger charge is -2.22. The van der Waals surface area contributed by atoms with E-state index in [1.807, 2.05) is 0 Å². The molecule has 1 aromatic rings. The molecule has 0 spiro atoms. The number of anilines is 2. The number of rotatable bonds is 4. The lowest BCUT2D eigenvalue weighted by Crippen LogP contribution is -2.34. The van der Waals surface area contributed by atoms with Gasteiger partial charge in [-0.25, -0.2) is 0 Å². The number of nitro benzene ring substituents is 1. The maximum Gasteiger partial charge on any atom is 0.271 e. The van der Waals surface area contributed by atoms with E-state index in [9.17, 15) is 14.9 Å². The quantitative estimate of drug-likeness (QED) is 0.483. The lowest BCUT2D eigenvalue weighted by atomic mass is 10.2. The minimum absolute atomic E-state index is 0.0661. The summed E-state index contributed by atoms with van der Waals surface area (Å²) >= 11 is 0. The van der Waals surface area contributed by atoms with E-state index in [-0.39, 0.29) is 23.8 Å². The van der Waals surface area contributed by atoms with Crippen LogP contribution in [0.5, 0.6) is 0 Å². The third-order valence-corrected chi connectivity index (χ3v) is 2.50. The molecule has 1 aromatic carbocycles. The summed E-state index contributed by atoms with van der Waals surface area (Å²) in [7, 11) is 5.03. The first-order chi connectivity index (χ1) is 8.32. The second-order valence-corrected chi connectivity index (χ2v) is 4.14. The summed E-state index contributed by atoms with van der Waals surface area (Å²) in [5.41, 5.74) is 6.54. The Balaban J connectivity index is 2.90. The van der Waals surface area contributed by atoms with Crippen LogP contribution in [0, 0.1) is 10.1 Å². The van der Waals surface area contributed by atoms with Crippen LogP contribution in [-0.2, 0) is 4.79 Å². The third-order valence-electron chi connectivity index (χ3n) is 2.50. The number of non-ortho nitro benzene ring substituents is 1. The largest absolute Gasteiger partial charge is 0.397 e. The summed E-state index contributed by atoms with van der Waals surface area (Å²) < 4.78 is 0. The first kappa shape index (κ1) is 13.8. The molecule has 0 saturated carbocycles. The molecule has 18 heavy (non-hydrogen) atoms. The van der Waals surface area contributed by atoms with Crippen molar-refractivity contribution in [3.8, 4) is 0 Å². The molecule has 98 valence electrons. The van der Waals surface area contributed by atoms with Crippen molar-refractivity contribution in [1.29, 1.82) is 0 Å². The van der Waals surface area contributed by atoms with Crippen molar-refractivity contribution in [2.75, 3.05) is 38.3 Å². The van der Waals surface area contributed by atoms with Gasteiger partial charge in [-0.1, -0.05) is 0 Å². The Hall–Kier alpha value is -2.31. The van der Waals surface area contributed by atoms with Crippen molar-refractivity contribution in [2.45, 2.75) is 0 Å². The van der Waals surface area contributed by atoms with Crippen LogP contribution in [0.2, 0.25) is 0 Å². The van der Waals surface area contributed by atoms with Gasteiger partial charge in [-0.2, -0.15) is 0 Å². The second-order valence-electron chi connectivity index (χ2n) is 4.14. The number of hydrogen-bond acceptors (Lipinski definition) is 5. The van der Waals surface area contributed by atoms with Crippen LogP contribution in [0.25, 0.3) is 0 Å². The van der Waals surface area contributed by atoms with Gasteiger partial charge in [0.05, 0.1) is 22.8 Å². The molecule has 0 radical (unpaired) electrons. The second kappa shape index (κ2) is 5.35. The first-order valence-corrected chi connectivity index (χ1v) is 5.28. The van der Waals surface area contributed by atoms with Gasteiger partial charge in [0.15, 0.2) is 0 Å². The molecule has 0 heterocycles. The van der Waals surface area contributed by atoms with Crippen LogP contribution in [0.15, 0.2) is 18.2 Å². The number of hydrogen-bond donors (Lipinski definition) is 1. The predicted octanol–water partition coefficient (Wildman–Crippen LogP) is 0.701. The summed E-state index contributed by atoms with van der Waals surface area (Å²) in [4.78, 5) is 24.7. The molecule has 0 fully saturated rings. The number of nitrogens with zero attached hydrogens (tertiary/aromatic N) is 3. The van der Waals surface area contributed by atoms with Gasteiger partial charge in [-0.3, -0.25) is 14.9 Å². The molecule has 7 nitrogen and oxygen atoms in total. The Morgan fingerprint density at radius 3 is 2.44 bits per heavy atom. The molecule has 0 bridgehead atoms. The highest BCUT2D eigenvalue weighted by Crippen LogP contribution is 2.26. The Bertz CT molecular complexity index is 473.